The van der Waals surface area contributed by atoms with Crippen molar-refractivity contribution < 1.29 is 20.7 Å². The van der Waals surface area contributed by atoms with E-state index in [4.69, 9.17) is 0 Å². The number of hydrogen-bond donors (Lipinski definition) is 2. The van der Waals surface area contributed by atoms with Gasteiger partial charge in [0.15, 0.2) is 0 Å². The zero-order chi connectivity index (χ0) is 20.9. The van der Waals surface area contributed by atoms with E-state index in [1.165, 1.54) is 26.2 Å². The van der Waals surface area contributed by atoms with Gasteiger partial charge in [-0.25, -0.2) is 0 Å². The van der Waals surface area contributed by atoms with Crippen LogP contribution in [-0.2, 0) is 12.8 Å². The largest absolute Gasteiger partial charge is 0.889 e. The van der Waals surface area contributed by atoms with Gasteiger partial charge in [0.05, 0.1) is 26.2 Å². The Balaban J connectivity index is 0. The Morgan fingerprint density at radius 1 is 0.667 bits per heavy atom. The summed E-state index contributed by atoms with van der Waals surface area (Å²) in [6.07, 6.45) is 6.42. The summed E-state index contributed by atoms with van der Waals surface area (Å²) >= 11 is 0. The summed E-state index contributed by atoms with van der Waals surface area (Å²) in [7, 11) is -1.85. The van der Waals surface area contributed by atoms with Gasteiger partial charge in [-0.05, 0) is 64.5 Å². The highest BCUT2D eigenvalue weighted by molar-refractivity contribution is 6.55. The van der Waals surface area contributed by atoms with E-state index in [9.17, 15) is 10.0 Å². The Morgan fingerprint density at radius 2 is 1.04 bits per heavy atom. The third kappa shape index (κ3) is 18.3. The predicted octanol–water partition coefficient (Wildman–Crippen LogP) is -0.0332. The number of aryl methyl sites for hydroxylation is 2. The first-order chi connectivity index (χ1) is 13.0. The van der Waals surface area contributed by atoms with Gasteiger partial charge in [-0.3, -0.25) is 0 Å². The lowest BCUT2D eigenvalue weighted by molar-refractivity contribution is -0.648. The smallest absolute Gasteiger partial charge is 0.0726 e. The maximum absolute atomic E-state index is 11.0. The topological polar surface area (TPSA) is 79.3 Å². The molecule has 158 valence electrons. The van der Waals surface area contributed by atoms with E-state index in [0.717, 1.165) is 49.7 Å². The molecule has 0 amide bonds. The van der Waals surface area contributed by atoms with Crippen LogP contribution >= 0.6 is 0 Å². The molecule has 5 heteroatoms. The minimum Gasteiger partial charge on any atom is -0.889 e. The number of rotatable bonds is 11. The van der Waals surface area contributed by atoms with Crippen molar-refractivity contribution in [3.8, 4) is 0 Å². The Bertz CT molecular complexity index is 393. The van der Waals surface area contributed by atoms with Gasteiger partial charge in [0.1, 0.15) is 0 Å². The van der Waals surface area contributed by atoms with Crippen molar-refractivity contribution in [1.29, 1.82) is 0 Å². The Hall–Kier alpha value is -0.875. The molecule has 1 aromatic carbocycles. The molecule has 4 nitrogen and oxygen atoms in total. The molecule has 0 heterocycles. The Labute approximate surface area is 169 Å². The van der Waals surface area contributed by atoms with Crippen molar-refractivity contribution >= 4 is 12.6 Å². The number of nitrogens with two attached hydrogens (primary N) is 2. The van der Waals surface area contributed by atoms with Gasteiger partial charge in [0.25, 0.3) is 0 Å². The van der Waals surface area contributed by atoms with Crippen molar-refractivity contribution in [3.63, 3.8) is 0 Å². The highest BCUT2D eigenvalue weighted by Crippen LogP contribution is 2.10. The van der Waals surface area contributed by atoms with Crippen molar-refractivity contribution in [3.05, 3.63) is 29.3 Å². The monoisotopic (exact) mass is 380 g/mol. The fourth-order valence-corrected chi connectivity index (χ4v) is 2.56. The van der Waals surface area contributed by atoms with E-state index in [1.54, 1.807) is 12.1 Å². The fourth-order valence-electron chi connectivity index (χ4n) is 2.56. The SMILES string of the molecule is CCCCc1cc(CCCC)cc(B([O-])[O-])c1.CC[NH2+]CC.CC[NH2+]CC. The van der Waals surface area contributed by atoms with Crippen LogP contribution in [-0.4, -0.2) is 33.3 Å². The zero-order valence-corrected chi connectivity index (χ0v) is 18.9. The Kier molecular flexibility index (Phi) is 22.5. The van der Waals surface area contributed by atoms with Crippen molar-refractivity contribution in [2.45, 2.75) is 80.1 Å². The van der Waals surface area contributed by atoms with Gasteiger partial charge in [0.2, 0.25) is 0 Å². The molecule has 0 saturated heterocycles. The third-order valence-electron chi connectivity index (χ3n) is 4.14. The lowest BCUT2D eigenvalue weighted by Gasteiger charge is -2.28. The molecule has 4 N–H and O–H groups in total. The molecule has 27 heavy (non-hydrogen) atoms. The lowest BCUT2D eigenvalue weighted by Crippen LogP contribution is -2.82. The molecule has 0 aliphatic carbocycles. The van der Waals surface area contributed by atoms with Crippen LogP contribution in [0.5, 0.6) is 0 Å². The van der Waals surface area contributed by atoms with Crippen LogP contribution in [0.2, 0.25) is 0 Å². The highest BCUT2D eigenvalue weighted by atomic mass is 16.4. The van der Waals surface area contributed by atoms with Crippen molar-refractivity contribution in [2.24, 2.45) is 0 Å². The minimum absolute atomic E-state index is 0.407. The normalized spacial score (nSPS) is 9.78. The van der Waals surface area contributed by atoms with E-state index in [2.05, 4.69) is 58.2 Å². The summed E-state index contributed by atoms with van der Waals surface area (Å²) in [6.45, 7) is 17.8. The van der Waals surface area contributed by atoms with Crippen LogP contribution in [0, 0.1) is 0 Å². The van der Waals surface area contributed by atoms with Crippen LogP contribution in [0.1, 0.15) is 78.4 Å². The molecule has 0 saturated carbocycles. The molecule has 0 spiro atoms. The summed E-state index contributed by atoms with van der Waals surface area (Å²) < 4.78 is 0. The zero-order valence-electron chi connectivity index (χ0n) is 18.9. The quantitative estimate of drug-likeness (QED) is 0.529. The van der Waals surface area contributed by atoms with Crippen LogP contribution in [0.15, 0.2) is 18.2 Å². The molecule has 0 radical (unpaired) electrons. The molecule has 0 aliphatic rings. The summed E-state index contributed by atoms with van der Waals surface area (Å²) in [5.74, 6) is 0. The van der Waals surface area contributed by atoms with Crippen LogP contribution in [0.4, 0.5) is 0 Å². The van der Waals surface area contributed by atoms with Crippen molar-refractivity contribution in [2.75, 3.05) is 26.2 Å². The van der Waals surface area contributed by atoms with Crippen LogP contribution < -0.4 is 26.1 Å². The second kappa shape index (κ2) is 21.4. The number of quaternary nitrogens is 2. The lowest BCUT2D eigenvalue weighted by atomic mass is 9.78. The average molecular weight is 380 g/mol. The number of hydrogen-bond acceptors (Lipinski definition) is 2. The maximum atomic E-state index is 11.0. The van der Waals surface area contributed by atoms with Gasteiger partial charge < -0.3 is 20.7 Å². The fraction of sp³-hybridized carbons (Fsp3) is 0.727. The number of benzene rings is 1. The molecule has 0 atom stereocenters. The van der Waals surface area contributed by atoms with Gasteiger partial charge in [-0.2, -0.15) is 0 Å². The van der Waals surface area contributed by atoms with Gasteiger partial charge in [0, 0.05) is 0 Å². The highest BCUT2D eigenvalue weighted by Gasteiger charge is 2.00. The van der Waals surface area contributed by atoms with Gasteiger partial charge in [-0.1, -0.05) is 52.0 Å². The van der Waals surface area contributed by atoms with E-state index >= 15 is 0 Å². The van der Waals surface area contributed by atoms with Gasteiger partial charge in [-0.15, -0.1) is 5.46 Å². The average Bonchev–Trinajstić information content (AvgIpc) is 2.67. The second-order valence-corrected chi connectivity index (χ2v) is 6.83. The second-order valence-electron chi connectivity index (χ2n) is 6.83. The van der Waals surface area contributed by atoms with Crippen LogP contribution in [0.25, 0.3) is 0 Å². The van der Waals surface area contributed by atoms with E-state index in [-0.39, 0.29) is 0 Å². The Morgan fingerprint density at radius 3 is 1.26 bits per heavy atom. The summed E-state index contributed by atoms with van der Waals surface area (Å²) in [6, 6.07) is 5.72. The molecule has 0 aromatic heterocycles. The first-order valence-electron chi connectivity index (χ1n) is 11.1. The first kappa shape index (κ1) is 28.3. The van der Waals surface area contributed by atoms with E-state index < -0.39 is 7.12 Å². The molecule has 0 aliphatic heterocycles. The van der Waals surface area contributed by atoms with E-state index in [0.29, 0.717) is 5.46 Å². The van der Waals surface area contributed by atoms with Gasteiger partial charge >= 0.3 is 0 Å². The summed E-state index contributed by atoms with van der Waals surface area (Å²) in [5, 5.41) is 26.6. The third-order valence-corrected chi connectivity index (χ3v) is 4.14. The summed E-state index contributed by atoms with van der Waals surface area (Å²) in [5.41, 5.74) is 2.70. The molecule has 0 bridgehead atoms. The molecule has 0 fully saturated rings. The predicted molar refractivity (Wildman–Crippen MR) is 115 cm³/mol. The molecule has 1 rings (SSSR count). The van der Waals surface area contributed by atoms with Crippen LogP contribution in [0.3, 0.4) is 0 Å². The molecular formula is C22H45BN2O2. The summed E-state index contributed by atoms with van der Waals surface area (Å²) in [4.78, 5) is 0. The molecule has 0 unspecified atom stereocenters. The maximum Gasteiger partial charge on any atom is 0.0726 e. The molecular weight excluding hydrogens is 335 g/mol. The first-order valence-corrected chi connectivity index (χ1v) is 11.1. The van der Waals surface area contributed by atoms with Crippen molar-refractivity contribution in [1.82, 2.24) is 0 Å². The molecule has 1 aromatic rings. The number of unbranched alkanes of at least 4 members (excludes halogenated alkanes) is 2. The van der Waals surface area contributed by atoms with E-state index in [1.807, 2.05) is 0 Å². The minimum atomic E-state index is -1.85. The standard InChI is InChI=1S/C14H21BO2.2C4H11N/c1-3-5-7-12-9-13(8-6-4-2)11-14(10-12)15(16)17;2*1-3-5-4-2/h9-11H,3-8H2,1-2H3;2*5H,3-4H2,1-2H3/q-2;;/p+2.